The molecule has 0 unspecified atom stereocenters. The molecule has 0 saturated heterocycles. The largest absolute Gasteiger partial charge is 0.395 e. The zero-order valence-corrected chi connectivity index (χ0v) is 12.5. The van der Waals surface area contributed by atoms with Crippen molar-refractivity contribution in [1.29, 1.82) is 0 Å². The van der Waals surface area contributed by atoms with Crippen LogP contribution < -0.4 is 0 Å². The number of pyridine rings is 1. The second-order valence-corrected chi connectivity index (χ2v) is 5.79. The smallest absolute Gasteiger partial charge is 0.272 e. The monoisotopic (exact) mass is 326 g/mol. The molecule has 2 rings (SSSR count). The summed E-state index contributed by atoms with van der Waals surface area (Å²) in [5.74, 6) is -0.0755. The molecule has 1 fully saturated rings. The summed E-state index contributed by atoms with van der Waals surface area (Å²) in [5, 5.41) is 9.19. The molecule has 1 aliphatic rings. The molecule has 4 nitrogen and oxygen atoms in total. The van der Waals surface area contributed by atoms with Gasteiger partial charge in [0.15, 0.2) is 0 Å². The molecule has 0 bridgehead atoms. The fourth-order valence-corrected chi connectivity index (χ4v) is 2.83. The third-order valence-corrected chi connectivity index (χ3v) is 4.03. The molecule has 1 aromatic rings. The Hall–Kier alpha value is -0.940. The van der Waals surface area contributed by atoms with Gasteiger partial charge in [0, 0.05) is 23.3 Å². The zero-order chi connectivity index (χ0) is 13.7. The quantitative estimate of drug-likeness (QED) is 0.925. The summed E-state index contributed by atoms with van der Waals surface area (Å²) < 4.78 is 0.857. The van der Waals surface area contributed by atoms with Gasteiger partial charge in [-0.3, -0.25) is 4.79 Å². The van der Waals surface area contributed by atoms with Crippen molar-refractivity contribution in [3.8, 4) is 0 Å². The Kier molecular flexibility index (Phi) is 5.34. The van der Waals surface area contributed by atoms with Gasteiger partial charge < -0.3 is 10.0 Å². The first-order valence-electron chi connectivity index (χ1n) is 6.76. The minimum absolute atomic E-state index is 0.00122. The number of aliphatic hydroxyl groups excluding tert-OH is 1. The minimum atomic E-state index is -0.0755. The molecular weight excluding hydrogens is 308 g/mol. The molecule has 104 valence electrons. The molecule has 1 amide bonds. The number of amides is 1. The van der Waals surface area contributed by atoms with Crippen LogP contribution in [-0.4, -0.2) is 40.1 Å². The van der Waals surface area contributed by atoms with Crippen LogP contribution in [0.25, 0.3) is 0 Å². The number of aliphatic hydroxyl groups is 1. The van der Waals surface area contributed by atoms with Crippen LogP contribution in [0.1, 0.15) is 42.6 Å². The normalized spacial score (nSPS) is 16.3. The van der Waals surface area contributed by atoms with E-state index >= 15 is 0 Å². The highest BCUT2D eigenvalue weighted by molar-refractivity contribution is 9.10. The van der Waals surface area contributed by atoms with Crippen molar-refractivity contribution in [2.45, 2.75) is 38.1 Å². The molecule has 1 heterocycles. The maximum Gasteiger partial charge on any atom is 0.272 e. The van der Waals surface area contributed by atoms with Gasteiger partial charge in [0.05, 0.1) is 6.61 Å². The summed E-state index contributed by atoms with van der Waals surface area (Å²) in [6.45, 7) is 0.389. The number of hydrogen-bond acceptors (Lipinski definition) is 3. The van der Waals surface area contributed by atoms with Crippen molar-refractivity contribution in [2.24, 2.45) is 0 Å². The summed E-state index contributed by atoms with van der Waals surface area (Å²) in [5.41, 5.74) is 0.447. The molecule has 0 atom stereocenters. The lowest BCUT2D eigenvalue weighted by molar-refractivity contribution is 0.0579. The topological polar surface area (TPSA) is 53.4 Å². The number of nitrogens with zero attached hydrogens (tertiary/aromatic N) is 2. The molecule has 19 heavy (non-hydrogen) atoms. The van der Waals surface area contributed by atoms with E-state index in [-0.39, 0.29) is 18.6 Å². The van der Waals surface area contributed by atoms with E-state index in [1.807, 2.05) is 6.07 Å². The molecule has 0 radical (unpaired) electrons. The fraction of sp³-hybridized carbons (Fsp3) is 0.571. The molecule has 1 aromatic heterocycles. The summed E-state index contributed by atoms with van der Waals surface area (Å²) >= 11 is 3.31. The van der Waals surface area contributed by atoms with E-state index in [1.54, 1.807) is 17.2 Å². The van der Waals surface area contributed by atoms with Crippen LogP contribution >= 0.6 is 15.9 Å². The van der Waals surface area contributed by atoms with Gasteiger partial charge in [0.25, 0.3) is 5.91 Å². The van der Waals surface area contributed by atoms with Gasteiger partial charge in [0.2, 0.25) is 0 Å². The summed E-state index contributed by atoms with van der Waals surface area (Å²) in [6, 6.07) is 3.79. The van der Waals surface area contributed by atoms with Crippen molar-refractivity contribution in [1.82, 2.24) is 9.88 Å². The Balaban J connectivity index is 2.13. The van der Waals surface area contributed by atoms with Crippen molar-refractivity contribution in [3.05, 3.63) is 28.5 Å². The average molecular weight is 327 g/mol. The van der Waals surface area contributed by atoms with Crippen LogP contribution in [0.3, 0.4) is 0 Å². The van der Waals surface area contributed by atoms with E-state index in [9.17, 15) is 9.90 Å². The van der Waals surface area contributed by atoms with Crippen molar-refractivity contribution < 1.29 is 9.90 Å². The third kappa shape index (κ3) is 3.76. The number of carbonyl (C=O) groups is 1. The van der Waals surface area contributed by atoms with E-state index < -0.39 is 0 Å². The van der Waals surface area contributed by atoms with E-state index in [0.29, 0.717) is 12.2 Å². The first kappa shape index (κ1) is 14.5. The maximum atomic E-state index is 12.5. The van der Waals surface area contributed by atoms with Crippen LogP contribution in [0.15, 0.2) is 22.8 Å². The molecule has 1 aliphatic carbocycles. The third-order valence-electron chi connectivity index (χ3n) is 3.56. The summed E-state index contributed by atoms with van der Waals surface area (Å²) in [6.07, 6.45) is 7.26. The van der Waals surface area contributed by atoms with Crippen LogP contribution in [0.4, 0.5) is 0 Å². The number of aromatic nitrogens is 1. The highest BCUT2D eigenvalue weighted by atomic mass is 79.9. The summed E-state index contributed by atoms with van der Waals surface area (Å²) in [4.78, 5) is 18.4. The zero-order valence-electron chi connectivity index (χ0n) is 10.9. The van der Waals surface area contributed by atoms with Crippen LogP contribution in [0.2, 0.25) is 0 Å². The van der Waals surface area contributed by atoms with Crippen molar-refractivity contribution in [2.75, 3.05) is 13.2 Å². The fourth-order valence-electron chi connectivity index (χ4n) is 2.60. The predicted molar refractivity (Wildman–Crippen MR) is 76.9 cm³/mol. The SMILES string of the molecule is O=C(c1ccc(Br)cn1)N(CCO)C1CCCCC1. The molecule has 0 aliphatic heterocycles. The molecular formula is C14H19BrN2O2. The van der Waals surface area contributed by atoms with Gasteiger partial charge in [-0.2, -0.15) is 0 Å². The van der Waals surface area contributed by atoms with Crippen molar-refractivity contribution in [3.63, 3.8) is 0 Å². The Morgan fingerprint density at radius 1 is 1.37 bits per heavy atom. The number of hydrogen-bond donors (Lipinski definition) is 1. The molecule has 1 N–H and O–H groups in total. The number of carbonyl (C=O) groups excluding carboxylic acids is 1. The van der Waals surface area contributed by atoms with Gasteiger partial charge in [-0.1, -0.05) is 19.3 Å². The predicted octanol–water partition coefficient (Wildman–Crippen LogP) is 2.61. The molecule has 0 aromatic carbocycles. The number of halogens is 1. The van der Waals surface area contributed by atoms with E-state index in [1.165, 1.54) is 6.42 Å². The van der Waals surface area contributed by atoms with Gasteiger partial charge in [-0.25, -0.2) is 4.98 Å². The van der Waals surface area contributed by atoms with E-state index in [2.05, 4.69) is 20.9 Å². The van der Waals surface area contributed by atoms with Crippen LogP contribution in [0.5, 0.6) is 0 Å². The first-order valence-corrected chi connectivity index (χ1v) is 7.55. The first-order chi connectivity index (χ1) is 9.22. The van der Waals surface area contributed by atoms with E-state index in [4.69, 9.17) is 0 Å². The number of rotatable bonds is 4. The highest BCUT2D eigenvalue weighted by Crippen LogP contribution is 2.23. The Morgan fingerprint density at radius 2 is 2.11 bits per heavy atom. The molecule has 1 saturated carbocycles. The van der Waals surface area contributed by atoms with Gasteiger partial charge >= 0.3 is 0 Å². The Labute approximate surface area is 122 Å². The Morgan fingerprint density at radius 3 is 2.68 bits per heavy atom. The molecule has 0 spiro atoms. The van der Waals surface area contributed by atoms with Gasteiger partial charge in [-0.15, -0.1) is 0 Å². The summed E-state index contributed by atoms with van der Waals surface area (Å²) in [7, 11) is 0. The van der Waals surface area contributed by atoms with Gasteiger partial charge in [0.1, 0.15) is 5.69 Å². The Bertz CT molecular complexity index is 416. The van der Waals surface area contributed by atoms with E-state index in [0.717, 1.165) is 30.2 Å². The van der Waals surface area contributed by atoms with Crippen LogP contribution in [-0.2, 0) is 0 Å². The maximum absolute atomic E-state index is 12.5. The lowest BCUT2D eigenvalue weighted by atomic mass is 9.94. The lowest BCUT2D eigenvalue weighted by Crippen LogP contribution is -2.43. The second-order valence-electron chi connectivity index (χ2n) is 4.88. The highest BCUT2D eigenvalue weighted by Gasteiger charge is 2.26. The molecule has 5 heteroatoms. The minimum Gasteiger partial charge on any atom is -0.395 e. The average Bonchev–Trinajstić information content (AvgIpc) is 2.46. The van der Waals surface area contributed by atoms with Crippen molar-refractivity contribution >= 4 is 21.8 Å². The second kappa shape index (κ2) is 7.01. The lowest BCUT2D eigenvalue weighted by Gasteiger charge is -2.33. The van der Waals surface area contributed by atoms with Gasteiger partial charge in [-0.05, 0) is 40.9 Å². The standard InChI is InChI=1S/C14H19BrN2O2/c15-11-6-7-13(16-10-11)14(19)17(8-9-18)12-4-2-1-3-5-12/h6-7,10,12,18H,1-5,8-9H2. The van der Waals surface area contributed by atoms with Crippen LogP contribution in [0, 0.1) is 0 Å².